The molecule has 2 aromatic rings. The molecule has 0 aliphatic heterocycles. The van der Waals surface area contributed by atoms with Gasteiger partial charge in [0.2, 0.25) is 11.7 Å². The van der Waals surface area contributed by atoms with Crippen molar-refractivity contribution in [2.45, 2.75) is 20.0 Å². The number of hydrogen-bond donors (Lipinski definition) is 1. The van der Waals surface area contributed by atoms with Crippen LogP contribution in [0.5, 0.6) is 5.75 Å². The molecular weight excluding hydrogens is 255 g/mol. The van der Waals surface area contributed by atoms with Gasteiger partial charge in [-0.15, -0.1) is 0 Å². The lowest BCUT2D eigenvalue weighted by Crippen LogP contribution is -2.04. The Bertz CT molecular complexity index is 597. The Morgan fingerprint density at radius 3 is 2.95 bits per heavy atom. The van der Waals surface area contributed by atoms with Crippen LogP contribution in [0.15, 0.2) is 22.7 Å². The predicted molar refractivity (Wildman–Crippen MR) is 61.4 cm³/mol. The maximum Gasteiger partial charge on any atom is 0.339 e. The standard InChI is InChI=1S/C12H11FN2O4/c1-2-11-14-10(15-19-11)6-18-9-5-7(13)3-4-8(9)12(16)17/h3-5H,2,6H2,1H3,(H,16,17). The van der Waals surface area contributed by atoms with Crippen LogP contribution in [-0.4, -0.2) is 21.2 Å². The van der Waals surface area contributed by atoms with Crippen molar-refractivity contribution in [3.05, 3.63) is 41.3 Å². The van der Waals surface area contributed by atoms with Crippen molar-refractivity contribution in [1.82, 2.24) is 10.1 Å². The van der Waals surface area contributed by atoms with Gasteiger partial charge in [-0.3, -0.25) is 0 Å². The van der Waals surface area contributed by atoms with Crippen LogP contribution in [0.2, 0.25) is 0 Å². The van der Waals surface area contributed by atoms with Crippen molar-refractivity contribution in [2.24, 2.45) is 0 Å². The summed E-state index contributed by atoms with van der Waals surface area (Å²) >= 11 is 0. The van der Waals surface area contributed by atoms with Crippen LogP contribution in [0.1, 0.15) is 29.0 Å². The number of aromatic nitrogens is 2. The molecule has 0 saturated carbocycles. The number of nitrogens with zero attached hydrogens (tertiary/aromatic N) is 2. The lowest BCUT2D eigenvalue weighted by Gasteiger charge is -2.06. The van der Waals surface area contributed by atoms with Crippen LogP contribution in [0.25, 0.3) is 0 Å². The Hall–Kier alpha value is -2.44. The van der Waals surface area contributed by atoms with E-state index in [4.69, 9.17) is 14.4 Å². The molecular formula is C12H11FN2O4. The summed E-state index contributed by atoms with van der Waals surface area (Å²) in [6, 6.07) is 3.20. The van der Waals surface area contributed by atoms with Gasteiger partial charge in [0.25, 0.3) is 0 Å². The monoisotopic (exact) mass is 266 g/mol. The molecule has 2 rings (SSSR count). The SMILES string of the molecule is CCc1nc(COc2cc(F)ccc2C(=O)O)no1. The molecule has 0 unspecified atom stereocenters. The summed E-state index contributed by atoms with van der Waals surface area (Å²) in [5, 5.41) is 12.6. The van der Waals surface area contributed by atoms with Gasteiger partial charge in [-0.25, -0.2) is 9.18 Å². The summed E-state index contributed by atoms with van der Waals surface area (Å²) in [6.07, 6.45) is 0.591. The molecule has 1 aromatic carbocycles. The van der Waals surface area contributed by atoms with E-state index >= 15 is 0 Å². The molecule has 1 N–H and O–H groups in total. The summed E-state index contributed by atoms with van der Waals surface area (Å²) in [6.45, 7) is 1.76. The minimum atomic E-state index is -1.20. The minimum absolute atomic E-state index is 0.0738. The largest absolute Gasteiger partial charge is 0.484 e. The fourth-order valence-corrected chi connectivity index (χ4v) is 1.43. The predicted octanol–water partition coefficient (Wildman–Crippen LogP) is 2.05. The van der Waals surface area contributed by atoms with E-state index in [1.807, 2.05) is 6.92 Å². The molecule has 0 bridgehead atoms. The molecule has 0 aliphatic rings. The molecule has 0 spiro atoms. The fourth-order valence-electron chi connectivity index (χ4n) is 1.43. The van der Waals surface area contributed by atoms with Gasteiger partial charge in [0, 0.05) is 12.5 Å². The van der Waals surface area contributed by atoms with E-state index < -0.39 is 11.8 Å². The van der Waals surface area contributed by atoms with Gasteiger partial charge in [-0.05, 0) is 12.1 Å². The third-order valence-corrected chi connectivity index (χ3v) is 2.34. The third kappa shape index (κ3) is 3.06. The highest BCUT2D eigenvalue weighted by Crippen LogP contribution is 2.20. The van der Waals surface area contributed by atoms with Crippen molar-refractivity contribution >= 4 is 5.97 Å². The number of aryl methyl sites for hydroxylation is 1. The van der Waals surface area contributed by atoms with Crippen molar-refractivity contribution in [1.29, 1.82) is 0 Å². The van der Waals surface area contributed by atoms with Crippen molar-refractivity contribution in [3.8, 4) is 5.75 Å². The number of hydrogen-bond acceptors (Lipinski definition) is 5. The summed E-state index contributed by atoms with van der Waals surface area (Å²) in [5.74, 6) is -1.12. The lowest BCUT2D eigenvalue weighted by atomic mass is 10.2. The van der Waals surface area contributed by atoms with Crippen LogP contribution >= 0.6 is 0 Å². The van der Waals surface area contributed by atoms with Gasteiger partial charge < -0.3 is 14.4 Å². The van der Waals surface area contributed by atoms with E-state index in [2.05, 4.69) is 10.1 Å². The second-order valence-electron chi connectivity index (χ2n) is 3.69. The molecule has 0 atom stereocenters. The Morgan fingerprint density at radius 2 is 2.32 bits per heavy atom. The van der Waals surface area contributed by atoms with E-state index in [-0.39, 0.29) is 23.7 Å². The molecule has 100 valence electrons. The quantitative estimate of drug-likeness (QED) is 0.891. The first kappa shape index (κ1) is 13.0. The number of halogens is 1. The van der Waals surface area contributed by atoms with E-state index in [0.717, 1.165) is 18.2 Å². The van der Waals surface area contributed by atoms with Gasteiger partial charge in [0.1, 0.15) is 17.1 Å². The van der Waals surface area contributed by atoms with Crippen LogP contribution in [0.4, 0.5) is 4.39 Å². The van der Waals surface area contributed by atoms with Gasteiger partial charge in [0.05, 0.1) is 0 Å². The highest BCUT2D eigenvalue weighted by molar-refractivity contribution is 5.90. The summed E-state index contributed by atoms with van der Waals surface area (Å²) in [7, 11) is 0. The normalized spacial score (nSPS) is 10.4. The van der Waals surface area contributed by atoms with E-state index in [1.54, 1.807) is 0 Å². The number of aromatic carboxylic acids is 1. The maximum absolute atomic E-state index is 13.1. The number of carboxylic acids is 1. The Kier molecular flexibility index (Phi) is 3.74. The second-order valence-corrected chi connectivity index (χ2v) is 3.69. The van der Waals surface area contributed by atoms with E-state index in [9.17, 15) is 9.18 Å². The first-order valence-electron chi connectivity index (χ1n) is 5.57. The van der Waals surface area contributed by atoms with E-state index in [1.165, 1.54) is 0 Å². The average molecular weight is 266 g/mol. The molecule has 7 heteroatoms. The lowest BCUT2D eigenvalue weighted by molar-refractivity contribution is 0.0691. The second kappa shape index (κ2) is 5.47. The first-order chi connectivity index (χ1) is 9.10. The van der Waals surface area contributed by atoms with Crippen LogP contribution in [0.3, 0.4) is 0 Å². The van der Waals surface area contributed by atoms with Crippen LogP contribution < -0.4 is 4.74 Å². The topological polar surface area (TPSA) is 85.5 Å². The zero-order valence-electron chi connectivity index (χ0n) is 10.1. The first-order valence-corrected chi connectivity index (χ1v) is 5.57. The molecule has 19 heavy (non-hydrogen) atoms. The highest BCUT2D eigenvalue weighted by atomic mass is 19.1. The number of carboxylic acid groups (broad SMARTS) is 1. The number of rotatable bonds is 5. The van der Waals surface area contributed by atoms with Crippen LogP contribution in [0, 0.1) is 5.82 Å². The minimum Gasteiger partial charge on any atom is -0.484 e. The summed E-state index contributed by atoms with van der Waals surface area (Å²) in [5.41, 5.74) is -0.124. The zero-order chi connectivity index (χ0) is 13.8. The summed E-state index contributed by atoms with van der Waals surface area (Å²) < 4.78 is 23.2. The number of ether oxygens (including phenoxy) is 1. The molecule has 0 radical (unpaired) electrons. The number of carbonyl (C=O) groups is 1. The van der Waals surface area contributed by atoms with Crippen LogP contribution in [-0.2, 0) is 13.0 Å². The van der Waals surface area contributed by atoms with Crippen molar-refractivity contribution in [2.75, 3.05) is 0 Å². The Morgan fingerprint density at radius 1 is 1.53 bits per heavy atom. The summed E-state index contributed by atoms with van der Waals surface area (Å²) in [4.78, 5) is 14.9. The molecule has 6 nitrogen and oxygen atoms in total. The molecule has 0 saturated heterocycles. The average Bonchev–Trinajstić information content (AvgIpc) is 2.84. The van der Waals surface area contributed by atoms with Crippen molar-refractivity contribution < 1.29 is 23.6 Å². The molecule has 1 aromatic heterocycles. The third-order valence-electron chi connectivity index (χ3n) is 2.34. The molecule has 0 aliphatic carbocycles. The fraction of sp³-hybridized carbons (Fsp3) is 0.250. The van der Waals surface area contributed by atoms with Gasteiger partial charge in [-0.1, -0.05) is 12.1 Å². The maximum atomic E-state index is 13.1. The number of benzene rings is 1. The zero-order valence-corrected chi connectivity index (χ0v) is 10.1. The molecule has 1 heterocycles. The van der Waals surface area contributed by atoms with Gasteiger partial charge in [-0.2, -0.15) is 4.98 Å². The Labute approximate surface area is 107 Å². The Balaban J connectivity index is 2.14. The molecule has 0 amide bonds. The molecule has 0 fully saturated rings. The highest BCUT2D eigenvalue weighted by Gasteiger charge is 2.13. The van der Waals surface area contributed by atoms with E-state index in [0.29, 0.717) is 12.3 Å². The van der Waals surface area contributed by atoms with Crippen molar-refractivity contribution in [3.63, 3.8) is 0 Å². The van der Waals surface area contributed by atoms with Gasteiger partial charge in [0.15, 0.2) is 6.61 Å². The van der Waals surface area contributed by atoms with Gasteiger partial charge >= 0.3 is 5.97 Å². The smallest absolute Gasteiger partial charge is 0.339 e.